The maximum atomic E-state index is 10.6. The first-order chi connectivity index (χ1) is 4.33. The van der Waals surface area contributed by atoms with Crippen molar-refractivity contribution in [1.82, 2.24) is 5.06 Å². The van der Waals surface area contributed by atoms with E-state index in [9.17, 15) is 4.79 Å². The zero-order chi connectivity index (χ0) is 6.69. The summed E-state index contributed by atoms with van der Waals surface area (Å²) in [4.78, 5) is 15.4. The fourth-order valence-corrected chi connectivity index (χ4v) is 0.526. The summed E-state index contributed by atoms with van der Waals surface area (Å²) in [7, 11) is 0. The molecule has 0 amide bonds. The second-order valence-corrected chi connectivity index (χ2v) is 2.14. The molecule has 0 aliphatic carbocycles. The van der Waals surface area contributed by atoms with E-state index in [1.54, 1.807) is 5.06 Å². The summed E-state index contributed by atoms with van der Waals surface area (Å²) in [6.07, 6.45) is 1.41. The van der Waals surface area contributed by atoms with Crippen LogP contribution in [0.4, 0.5) is 0 Å². The molecule has 0 aromatic rings. The maximum absolute atomic E-state index is 10.6. The lowest BCUT2D eigenvalue weighted by atomic mass is 10.3. The van der Waals surface area contributed by atoms with E-state index in [-0.39, 0.29) is 5.97 Å². The van der Waals surface area contributed by atoms with Gasteiger partial charge in [0.15, 0.2) is 0 Å². The van der Waals surface area contributed by atoms with Gasteiger partial charge in [-0.2, -0.15) is 0 Å². The second-order valence-electron chi connectivity index (χ2n) is 2.14. The maximum Gasteiger partial charge on any atom is 0.325 e. The molecule has 1 saturated heterocycles. The van der Waals surface area contributed by atoms with Crippen molar-refractivity contribution in [2.45, 2.75) is 19.8 Å². The summed E-state index contributed by atoms with van der Waals surface area (Å²) in [5, 5.41) is 1.65. The van der Waals surface area contributed by atoms with Crippen LogP contribution in [0.25, 0.3) is 0 Å². The van der Waals surface area contributed by atoms with Gasteiger partial charge in [0.1, 0.15) is 0 Å². The van der Waals surface area contributed by atoms with Gasteiger partial charge in [0.2, 0.25) is 0 Å². The number of carbonyl (C=O) groups is 1. The number of rotatable bonds is 3. The van der Waals surface area contributed by atoms with E-state index in [4.69, 9.17) is 4.84 Å². The number of hydroxylamine groups is 2. The third kappa shape index (κ3) is 2.46. The van der Waals surface area contributed by atoms with E-state index >= 15 is 0 Å². The highest BCUT2D eigenvalue weighted by atomic mass is 16.7. The minimum Gasteiger partial charge on any atom is -0.368 e. The van der Waals surface area contributed by atoms with Crippen molar-refractivity contribution in [1.29, 1.82) is 0 Å². The Morgan fingerprint density at radius 2 is 2.33 bits per heavy atom. The van der Waals surface area contributed by atoms with Gasteiger partial charge in [-0.15, -0.1) is 5.06 Å². The van der Waals surface area contributed by atoms with Gasteiger partial charge in [0.25, 0.3) is 0 Å². The van der Waals surface area contributed by atoms with E-state index in [1.165, 1.54) is 0 Å². The van der Waals surface area contributed by atoms with Crippen molar-refractivity contribution in [3.63, 3.8) is 0 Å². The zero-order valence-corrected chi connectivity index (χ0v) is 5.59. The zero-order valence-electron chi connectivity index (χ0n) is 5.59. The molecule has 0 bridgehead atoms. The number of hydrogen-bond donors (Lipinski definition) is 0. The number of nitrogens with zero attached hydrogens (tertiary/aromatic N) is 1. The first-order valence-electron chi connectivity index (χ1n) is 3.28. The van der Waals surface area contributed by atoms with E-state index < -0.39 is 0 Å². The Morgan fingerprint density at radius 3 is 2.78 bits per heavy atom. The Balaban J connectivity index is 2.02. The molecule has 1 heterocycles. The molecular weight excluding hydrogens is 118 g/mol. The standard InChI is InChI=1S/C6H11NO2/c1-2-3-6(8)9-7-4-5-7/h2-5H2,1H3. The molecule has 0 unspecified atom stereocenters. The molecule has 3 heteroatoms. The predicted octanol–water partition coefficient (Wildman–Crippen LogP) is 0.560. The Bertz CT molecular complexity index is 110. The molecule has 52 valence electrons. The van der Waals surface area contributed by atoms with E-state index in [0.29, 0.717) is 6.42 Å². The molecule has 0 atom stereocenters. The predicted molar refractivity (Wildman–Crippen MR) is 32.6 cm³/mol. The quantitative estimate of drug-likeness (QED) is 0.521. The van der Waals surface area contributed by atoms with Crippen molar-refractivity contribution < 1.29 is 9.63 Å². The smallest absolute Gasteiger partial charge is 0.325 e. The summed E-state index contributed by atoms with van der Waals surface area (Å²) in [6.45, 7) is 3.79. The van der Waals surface area contributed by atoms with Crippen LogP contribution in [0, 0.1) is 0 Å². The Kier molecular flexibility index (Phi) is 2.05. The van der Waals surface area contributed by atoms with Crippen molar-refractivity contribution >= 4 is 5.97 Å². The van der Waals surface area contributed by atoms with Crippen LogP contribution in [0.2, 0.25) is 0 Å². The van der Waals surface area contributed by atoms with Gasteiger partial charge in [-0.1, -0.05) is 6.92 Å². The molecule has 0 N–H and O–H groups in total. The molecule has 1 fully saturated rings. The molecule has 9 heavy (non-hydrogen) atoms. The minimum absolute atomic E-state index is 0.102. The fraction of sp³-hybridized carbons (Fsp3) is 0.833. The monoisotopic (exact) mass is 129 g/mol. The van der Waals surface area contributed by atoms with Crippen LogP contribution in [-0.4, -0.2) is 24.1 Å². The second kappa shape index (κ2) is 2.82. The van der Waals surface area contributed by atoms with Crippen molar-refractivity contribution in [3.8, 4) is 0 Å². The molecule has 0 aromatic heterocycles. The van der Waals surface area contributed by atoms with Crippen LogP contribution in [0.1, 0.15) is 19.8 Å². The van der Waals surface area contributed by atoms with Crippen LogP contribution in [-0.2, 0) is 9.63 Å². The summed E-state index contributed by atoms with van der Waals surface area (Å²) in [6, 6.07) is 0. The summed E-state index contributed by atoms with van der Waals surface area (Å²) < 4.78 is 0. The summed E-state index contributed by atoms with van der Waals surface area (Å²) >= 11 is 0. The van der Waals surface area contributed by atoms with Gasteiger partial charge in [-0.05, 0) is 6.42 Å². The van der Waals surface area contributed by atoms with Gasteiger partial charge >= 0.3 is 5.97 Å². The first-order valence-corrected chi connectivity index (χ1v) is 3.28. The van der Waals surface area contributed by atoms with E-state index in [2.05, 4.69) is 0 Å². The fourth-order valence-electron chi connectivity index (χ4n) is 0.526. The van der Waals surface area contributed by atoms with Crippen LogP contribution in [0.15, 0.2) is 0 Å². The lowest BCUT2D eigenvalue weighted by molar-refractivity contribution is -0.166. The van der Waals surface area contributed by atoms with Gasteiger partial charge < -0.3 is 4.84 Å². The molecule has 3 nitrogen and oxygen atoms in total. The van der Waals surface area contributed by atoms with Crippen LogP contribution in [0.5, 0.6) is 0 Å². The molecule has 0 aromatic carbocycles. The normalized spacial score (nSPS) is 17.4. The Hall–Kier alpha value is -0.570. The van der Waals surface area contributed by atoms with Crippen molar-refractivity contribution in [3.05, 3.63) is 0 Å². The van der Waals surface area contributed by atoms with E-state index in [1.807, 2.05) is 6.92 Å². The van der Waals surface area contributed by atoms with Crippen LogP contribution in [0.3, 0.4) is 0 Å². The summed E-state index contributed by atoms with van der Waals surface area (Å²) in [5.41, 5.74) is 0. The number of carbonyl (C=O) groups excluding carboxylic acids is 1. The molecule has 1 aliphatic rings. The van der Waals surface area contributed by atoms with Gasteiger partial charge in [-0.3, -0.25) is 4.79 Å². The summed E-state index contributed by atoms with van der Waals surface area (Å²) in [5.74, 6) is -0.102. The van der Waals surface area contributed by atoms with Gasteiger partial charge in [0, 0.05) is 6.42 Å². The molecular formula is C6H11NO2. The highest BCUT2D eigenvalue weighted by molar-refractivity contribution is 5.68. The third-order valence-corrected chi connectivity index (χ3v) is 1.09. The lowest BCUT2D eigenvalue weighted by Gasteiger charge is -1.99. The molecule has 0 spiro atoms. The van der Waals surface area contributed by atoms with E-state index in [0.717, 1.165) is 19.5 Å². The molecule has 1 aliphatic heterocycles. The molecule has 0 saturated carbocycles. The average Bonchev–Trinajstić information content (AvgIpc) is 2.50. The highest BCUT2D eigenvalue weighted by Gasteiger charge is 2.21. The van der Waals surface area contributed by atoms with Gasteiger partial charge in [0.05, 0.1) is 13.1 Å². The van der Waals surface area contributed by atoms with Crippen LogP contribution < -0.4 is 0 Å². The van der Waals surface area contributed by atoms with Gasteiger partial charge in [-0.25, -0.2) is 0 Å². The SMILES string of the molecule is CCCC(=O)ON1CC1. The lowest BCUT2D eigenvalue weighted by Crippen LogP contribution is -2.08. The minimum atomic E-state index is -0.102. The largest absolute Gasteiger partial charge is 0.368 e. The molecule has 0 radical (unpaired) electrons. The Morgan fingerprint density at radius 1 is 1.67 bits per heavy atom. The topological polar surface area (TPSA) is 29.3 Å². The van der Waals surface area contributed by atoms with Crippen molar-refractivity contribution in [2.24, 2.45) is 0 Å². The third-order valence-electron chi connectivity index (χ3n) is 1.09. The average molecular weight is 129 g/mol. The number of hydrogen-bond acceptors (Lipinski definition) is 3. The van der Waals surface area contributed by atoms with Crippen molar-refractivity contribution in [2.75, 3.05) is 13.1 Å². The molecule has 1 rings (SSSR count). The Labute approximate surface area is 54.5 Å². The first kappa shape index (κ1) is 6.55. The highest BCUT2D eigenvalue weighted by Crippen LogP contribution is 2.05. The van der Waals surface area contributed by atoms with Crippen LogP contribution >= 0.6 is 0 Å².